The van der Waals surface area contributed by atoms with Crippen LogP contribution in [0.5, 0.6) is 0 Å². The molecule has 0 radical (unpaired) electrons. The average Bonchev–Trinajstić information content (AvgIpc) is 2.18. The van der Waals surface area contributed by atoms with Gasteiger partial charge in [0.05, 0.1) is 11.4 Å². The molecule has 0 bridgehead atoms. The summed E-state index contributed by atoms with van der Waals surface area (Å²) in [7, 11) is 0. The molecule has 0 spiro atoms. The molecule has 14 heavy (non-hydrogen) atoms. The van der Waals surface area contributed by atoms with Crippen LogP contribution in [-0.4, -0.2) is 15.0 Å². The van der Waals surface area contributed by atoms with E-state index in [4.69, 9.17) is 11.6 Å². The summed E-state index contributed by atoms with van der Waals surface area (Å²) in [6.07, 6.45) is 1.72. The number of aryl methyl sites for hydroxylation is 1. The zero-order chi connectivity index (χ0) is 9.97. The Morgan fingerprint density at radius 2 is 2.00 bits per heavy atom. The molecule has 3 nitrogen and oxygen atoms in total. The Bertz CT molecular complexity index is 422. The van der Waals surface area contributed by atoms with Gasteiger partial charge in [0.25, 0.3) is 0 Å². The summed E-state index contributed by atoms with van der Waals surface area (Å²) in [5.74, 6) is 0.651. The van der Waals surface area contributed by atoms with E-state index in [1.54, 1.807) is 19.2 Å². The van der Waals surface area contributed by atoms with Gasteiger partial charge in [-0.1, -0.05) is 17.7 Å². The Balaban J connectivity index is 2.52. The van der Waals surface area contributed by atoms with Crippen molar-refractivity contribution in [2.75, 3.05) is 0 Å². The van der Waals surface area contributed by atoms with Gasteiger partial charge in [-0.25, -0.2) is 9.97 Å². The number of aromatic nitrogens is 3. The van der Waals surface area contributed by atoms with Crippen LogP contribution < -0.4 is 0 Å². The molecule has 0 N–H and O–H groups in total. The summed E-state index contributed by atoms with van der Waals surface area (Å²) in [6.45, 7) is 1.80. The summed E-state index contributed by atoms with van der Waals surface area (Å²) in [5, 5.41) is 0.443. The summed E-state index contributed by atoms with van der Waals surface area (Å²) in [6, 6.07) is 7.36. The number of hydrogen-bond acceptors (Lipinski definition) is 3. The smallest absolute Gasteiger partial charge is 0.133 e. The predicted octanol–water partition coefficient (Wildman–Crippen LogP) is 2.50. The number of halogens is 1. The third-order valence-corrected chi connectivity index (χ3v) is 1.93. The quantitative estimate of drug-likeness (QED) is 0.672. The summed E-state index contributed by atoms with van der Waals surface area (Å²) >= 11 is 5.82. The SMILES string of the molecule is Cc1nc(Cl)cc(-c2ccccn2)n1. The maximum atomic E-state index is 5.82. The van der Waals surface area contributed by atoms with Crippen LogP contribution >= 0.6 is 11.6 Å². The minimum absolute atomic E-state index is 0.443. The van der Waals surface area contributed by atoms with Crippen molar-refractivity contribution in [3.05, 3.63) is 41.4 Å². The fourth-order valence-electron chi connectivity index (χ4n) is 1.18. The second-order valence-corrected chi connectivity index (χ2v) is 3.23. The molecule has 0 atom stereocenters. The number of rotatable bonds is 1. The molecular weight excluding hydrogens is 198 g/mol. The fraction of sp³-hybridized carbons (Fsp3) is 0.100. The minimum atomic E-state index is 0.443. The highest BCUT2D eigenvalue weighted by atomic mass is 35.5. The molecule has 0 unspecified atom stereocenters. The molecule has 0 saturated heterocycles. The van der Waals surface area contributed by atoms with E-state index in [1.165, 1.54) is 0 Å². The topological polar surface area (TPSA) is 38.7 Å². The molecule has 2 aromatic rings. The van der Waals surface area contributed by atoms with Gasteiger partial charge in [-0.05, 0) is 19.1 Å². The van der Waals surface area contributed by atoms with Crippen molar-refractivity contribution in [1.82, 2.24) is 15.0 Å². The molecule has 2 aromatic heterocycles. The molecule has 0 saturated carbocycles. The van der Waals surface area contributed by atoms with Gasteiger partial charge in [0.2, 0.25) is 0 Å². The standard InChI is InChI=1S/C10H8ClN3/c1-7-13-9(6-10(11)14-7)8-4-2-3-5-12-8/h2-6H,1H3. The molecule has 4 heteroatoms. The van der Waals surface area contributed by atoms with Crippen LogP contribution in [0.25, 0.3) is 11.4 Å². The maximum absolute atomic E-state index is 5.82. The van der Waals surface area contributed by atoms with E-state index >= 15 is 0 Å². The van der Waals surface area contributed by atoms with Crippen LogP contribution in [0.2, 0.25) is 5.15 Å². The van der Waals surface area contributed by atoms with Gasteiger partial charge in [0.15, 0.2) is 0 Å². The summed E-state index contributed by atoms with van der Waals surface area (Å²) in [4.78, 5) is 12.4. The highest BCUT2D eigenvalue weighted by Gasteiger charge is 2.02. The van der Waals surface area contributed by atoms with E-state index in [2.05, 4.69) is 15.0 Å². The molecule has 2 heterocycles. The molecular formula is C10H8ClN3. The van der Waals surface area contributed by atoms with Crippen molar-refractivity contribution in [1.29, 1.82) is 0 Å². The molecule has 2 rings (SSSR count). The first-order valence-corrected chi connectivity index (χ1v) is 4.56. The Hall–Kier alpha value is -1.48. The van der Waals surface area contributed by atoms with Gasteiger partial charge in [0.1, 0.15) is 11.0 Å². The van der Waals surface area contributed by atoms with Crippen LogP contribution in [0.4, 0.5) is 0 Å². The molecule has 0 fully saturated rings. The largest absolute Gasteiger partial charge is 0.255 e. The Morgan fingerprint density at radius 3 is 2.64 bits per heavy atom. The highest BCUT2D eigenvalue weighted by molar-refractivity contribution is 6.29. The minimum Gasteiger partial charge on any atom is -0.255 e. The van der Waals surface area contributed by atoms with E-state index in [-0.39, 0.29) is 0 Å². The van der Waals surface area contributed by atoms with Gasteiger partial charge in [0, 0.05) is 12.3 Å². The summed E-state index contributed by atoms with van der Waals surface area (Å²) < 4.78 is 0. The van der Waals surface area contributed by atoms with Gasteiger partial charge in [-0.15, -0.1) is 0 Å². The Kier molecular flexibility index (Phi) is 2.41. The van der Waals surface area contributed by atoms with E-state index in [0.717, 1.165) is 11.4 Å². The molecule has 0 aliphatic heterocycles. The lowest BCUT2D eigenvalue weighted by Crippen LogP contribution is -1.92. The number of hydrogen-bond donors (Lipinski definition) is 0. The first kappa shape index (κ1) is 9.09. The number of pyridine rings is 1. The van der Waals surface area contributed by atoms with Crippen LogP contribution in [0.15, 0.2) is 30.5 Å². The second kappa shape index (κ2) is 3.72. The van der Waals surface area contributed by atoms with Crippen molar-refractivity contribution in [2.45, 2.75) is 6.92 Å². The highest BCUT2D eigenvalue weighted by Crippen LogP contribution is 2.16. The molecule has 0 aromatic carbocycles. The Morgan fingerprint density at radius 1 is 1.14 bits per heavy atom. The third-order valence-electron chi connectivity index (χ3n) is 1.73. The predicted molar refractivity (Wildman–Crippen MR) is 55.0 cm³/mol. The monoisotopic (exact) mass is 205 g/mol. The van der Waals surface area contributed by atoms with Crippen molar-refractivity contribution in [3.63, 3.8) is 0 Å². The normalized spacial score (nSPS) is 10.1. The van der Waals surface area contributed by atoms with Crippen molar-refractivity contribution >= 4 is 11.6 Å². The van der Waals surface area contributed by atoms with Gasteiger partial charge in [-0.3, -0.25) is 4.98 Å². The molecule has 70 valence electrons. The average molecular weight is 206 g/mol. The van der Waals surface area contributed by atoms with E-state index in [0.29, 0.717) is 11.0 Å². The van der Waals surface area contributed by atoms with Gasteiger partial charge in [-0.2, -0.15) is 0 Å². The van der Waals surface area contributed by atoms with E-state index in [9.17, 15) is 0 Å². The van der Waals surface area contributed by atoms with Crippen molar-refractivity contribution in [2.24, 2.45) is 0 Å². The van der Waals surface area contributed by atoms with Crippen molar-refractivity contribution < 1.29 is 0 Å². The lowest BCUT2D eigenvalue weighted by Gasteiger charge is -2.00. The van der Waals surface area contributed by atoms with Crippen LogP contribution in [0, 0.1) is 6.92 Å². The zero-order valence-electron chi connectivity index (χ0n) is 7.61. The first-order chi connectivity index (χ1) is 6.75. The fourth-order valence-corrected chi connectivity index (χ4v) is 1.40. The van der Waals surface area contributed by atoms with Gasteiger partial charge >= 0.3 is 0 Å². The molecule has 0 aliphatic carbocycles. The molecule has 0 amide bonds. The van der Waals surface area contributed by atoms with E-state index in [1.807, 2.05) is 18.2 Å². The van der Waals surface area contributed by atoms with Crippen molar-refractivity contribution in [3.8, 4) is 11.4 Å². The second-order valence-electron chi connectivity index (χ2n) is 2.84. The van der Waals surface area contributed by atoms with Crippen LogP contribution in [0.1, 0.15) is 5.82 Å². The Labute approximate surface area is 86.8 Å². The zero-order valence-corrected chi connectivity index (χ0v) is 8.36. The number of nitrogens with zero attached hydrogens (tertiary/aromatic N) is 3. The maximum Gasteiger partial charge on any atom is 0.133 e. The van der Waals surface area contributed by atoms with E-state index < -0.39 is 0 Å². The summed E-state index contributed by atoms with van der Waals surface area (Å²) in [5.41, 5.74) is 1.56. The lowest BCUT2D eigenvalue weighted by molar-refractivity contribution is 1.05. The van der Waals surface area contributed by atoms with Gasteiger partial charge < -0.3 is 0 Å². The van der Waals surface area contributed by atoms with Crippen LogP contribution in [-0.2, 0) is 0 Å². The lowest BCUT2D eigenvalue weighted by atomic mass is 10.2. The first-order valence-electron chi connectivity index (χ1n) is 4.18. The molecule has 0 aliphatic rings. The third kappa shape index (κ3) is 1.88. The van der Waals surface area contributed by atoms with Crippen LogP contribution in [0.3, 0.4) is 0 Å².